The van der Waals surface area contributed by atoms with Crippen LogP contribution in [0.3, 0.4) is 0 Å². The number of halogens is 1. The van der Waals surface area contributed by atoms with E-state index < -0.39 is 0 Å². The largest absolute Gasteiger partial charge is 0.356 e. The lowest BCUT2D eigenvalue weighted by Crippen LogP contribution is -2.37. The highest BCUT2D eigenvalue weighted by atomic mass is 127. The predicted octanol–water partition coefficient (Wildman–Crippen LogP) is 2.98. The maximum atomic E-state index is 4.39. The summed E-state index contributed by atoms with van der Waals surface area (Å²) < 4.78 is 2.33. The van der Waals surface area contributed by atoms with E-state index >= 15 is 0 Å². The van der Waals surface area contributed by atoms with E-state index in [4.69, 9.17) is 0 Å². The number of fused-ring (bicyclic) bond motifs is 1. The third-order valence-electron chi connectivity index (χ3n) is 4.29. The van der Waals surface area contributed by atoms with Gasteiger partial charge in [-0.1, -0.05) is 12.5 Å². The first-order valence-corrected chi connectivity index (χ1v) is 9.62. The summed E-state index contributed by atoms with van der Waals surface area (Å²) in [6.07, 6.45) is 6.85. The SMILES string of the molecule is CN=C(NCCCc1nnc2n1CCCCC2)NCc1cccs1.I. The smallest absolute Gasteiger partial charge is 0.191 e. The zero-order valence-electron chi connectivity index (χ0n) is 14.7. The number of nitrogens with one attached hydrogen (secondary N) is 2. The number of aryl methyl sites for hydroxylation is 2. The van der Waals surface area contributed by atoms with Crippen molar-refractivity contribution >= 4 is 41.3 Å². The minimum atomic E-state index is 0. The quantitative estimate of drug-likeness (QED) is 0.293. The molecule has 0 amide bonds. The summed E-state index contributed by atoms with van der Waals surface area (Å²) in [5.74, 6) is 3.16. The second kappa shape index (κ2) is 10.7. The molecule has 0 saturated carbocycles. The summed E-state index contributed by atoms with van der Waals surface area (Å²) in [7, 11) is 1.81. The molecule has 8 heteroatoms. The normalized spacial score (nSPS) is 14.4. The Bertz CT molecular complexity index is 652. The fourth-order valence-electron chi connectivity index (χ4n) is 2.99. The first-order valence-electron chi connectivity index (χ1n) is 8.74. The summed E-state index contributed by atoms with van der Waals surface area (Å²) in [4.78, 5) is 5.58. The van der Waals surface area contributed by atoms with Gasteiger partial charge in [0, 0.05) is 37.9 Å². The maximum absolute atomic E-state index is 4.39. The monoisotopic (exact) mass is 474 g/mol. The molecule has 2 N–H and O–H groups in total. The fourth-order valence-corrected chi connectivity index (χ4v) is 3.63. The molecule has 1 aliphatic rings. The second-order valence-electron chi connectivity index (χ2n) is 6.03. The van der Waals surface area contributed by atoms with Gasteiger partial charge in [0.2, 0.25) is 0 Å². The van der Waals surface area contributed by atoms with Crippen molar-refractivity contribution in [3.05, 3.63) is 34.0 Å². The number of rotatable bonds is 6. The van der Waals surface area contributed by atoms with Gasteiger partial charge >= 0.3 is 0 Å². The third-order valence-corrected chi connectivity index (χ3v) is 5.17. The molecule has 0 fully saturated rings. The molecule has 25 heavy (non-hydrogen) atoms. The van der Waals surface area contributed by atoms with Gasteiger partial charge in [-0.2, -0.15) is 0 Å². The molecule has 0 unspecified atom stereocenters. The molecule has 138 valence electrons. The van der Waals surface area contributed by atoms with Crippen molar-refractivity contribution in [3.8, 4) is 0 Å². The van der Waals surface area contributed by atoms with Crippen LogP contribution in [0.15, 0.2) is 22.5 Å². The van der Waals surface area contributed by atoms with Crippen molar-refractivity contribution in [3.63, 3.8) is 0 Å². The highest BCUT2D eigenvalue weighted by Gasteiger charge is 2.14. The standard InChI is InChI=1S/C17H26N6S.HI/c1-18-17(20-13-14-7-6-12-24-14)19-10-5-9-16-22-21-15-8-3-2-4-11-23(15)16;/h6-7,12H,2-5,8-11,13H2,1H3,(H2,18,19,20);1H. The molecular weight excluding hydrogens is 447 g/mol. The van der Waals surface area contributed by atoms with E-state index in [9.17, 15) is 0 Å². The summed E-state index contributed by atoms with van der Waals surface area (Å²) >= 11 is 1.75. The third kappa shape index (κ3) is 5.95. The number of aliphatic imine (C=N–C) groups is 1. The Balaban J connectivity index is 0.00000225. The Morgan fingerprint density at radius 2 is 2.20 bits per heavy atom. The van der Waals surface area contributed by atoms with E-state index in [1.165, 1.54) is 30.0 Å². The summed E-state index contributed by atoms with van der Waals surface area (Å²) in [5.41, 5.74) is 0. The molecule has 0 aliphatic carbocycles. The summed E-state index contributed by atoms with van der Waals surface area (Å²) in [6.45, 7) is 2.77. The first-order chi connectivity index (χ1) is 11.9. The van der Waals surface area contributed by atoms with Crippen LogP contribution in [0.25, 0.3) is 0 Å². The minimum Gasteiger partial charge on any atom is -0.356 e. The van der Waals surface area contributed by atoms with Gasteiger partial charge in [-0.05, 0) is 30.7 Å². The van der Waals surface area contributed by atoms with Crippen molar-refractivity contribution in [2.75, 3.05) is 13.6 Å². The van der Waals surface area contributed by atoms with Crippen LogP contribution in [0.1, 0.15) is 42.2 Å². The molecule has 3 rings (SSSR count). The molecule has 0 bridgehead atoms. The number of aromatic nitrogens is 3. The zero-order chi connectivity index (χ0) is 16.6. The van der Waals surface area contributed by atoms with Crippen molar-refractivity contribution in [1.82, 2.24) is 25.4 Å². The lowest BCUT2D eigenvalue weighted by Gasteiger charge is -2.11. The minimum absolute atomic E-state index is 0. The van der Waals surface area contributed by atoms with Gasteiger partial charge in [0.05, 0.1) is 6.54 Å². The van der Waals surface area contributed by atoms with Crippen LogP contribution >= 0.6 is 35.3 Å². The highest BCUT2D eigenvalue weighted by molar-refractivity contribution is 14.0. The van der Waals surface area contributed by atoms with Crippen LogP contribution < -0.4 is 10.6 Å². The van der Waals surface area contributed by atoms with Crippen molar-refractivity contribution in [2.24, 2.45) is 4.99 Å². The number of thiophene rings is 1. The molecule has 3 heterocycles. The molecule has 6 nitrogen and oxygen atoms in total. The van der Waals surface area contributed by atoms with Crippen molar-refractivity contribution in [1.29, 1.82) is 0 Å². The molecule has 2 aromatic heterocycles. The summed E-state index contributed by atoms with van der Waals surface area (Å²) in [5, 5.41) is 17.6. The van der Waals surface area contributed by atoms with E-state index in [0.29, 0.717) is 0 Å². The van der Waals surface area contributed by atoms with E-state index in [1.54, 1.807) is 11.3 Å². The molecule has 0 spiro atoms. The zero-order valence-corrected chi connectivity index (χ0v) is 17.8. The molecule has 1 aliphatic heterocycles. The van der Waals surface area contributed by atoms with E-state index in [2.05, 4.69) is 47.9 Å². The van der Waals surface area contributed by atoms with Gasteiger partial charge in [0.1, 0.15) is 11.6 Å². The molecule has 0 aromatic carbocycles. The molecule has 0 atom stereocenters. The lowest BCUT2D eigenvalue weighted by atomic mass is 10.2. The molecule has 0 saturated heterocycles. The molecule has 0 radical (unpaired) electrons. The topological polar surface area (TPSA) is 67.1 Å². The van der Waals surface area contributed by atoms with Crippen LogP contribution in [0, 0.1) is 0 Å². The fraction of sp³-hybridized carbons (Fsp3) is 0.588. The van der Waals surface area contributed by atoms with E-state index in [-0.39, 0.29) is 24.0 Å². The highest BCUT2D eigenvalue weighted by Crippen LogP contribution is 2.15. The maximum Gasteiger partial charge on any atom is 0.191 e. The van der Waals surface area contributed by atoms with Gasteiger partial charge in [-0.3, -0.25) is 4.99 Å². The Kier molecular flexibility index (Phi) is 8.66. The van der Waals surface area contributed by atoms with Crippen molar-refractivity contribution < 1.29 is 0 Å². The Morgan fingerprint density at radius 3 is 3.00 bits per heavy atom. The van der Waals surface area contributed by atoms with Gasteiger partial charge in [0.25, 0.3) is 0 Å². The van der Waals surface area contributed by atoms with Gasteiger partial charge < -0.3 is 15.2 Å². The number of hydrogen-bond donors (Lipinski definition) is 2. The first kappa shape index (κ1) is 20.2. The van der Waals surface area contributed by atoms with Crippen LogP contribution in [0.5, 0.6) is 0 Å². The van der Waals surface area contributed by atoms with E-state index in [1.807, 2.05) is 7.05 Å². The number of guanidine groups is 1. The van der Waals surface area contributed by atoms with Crippen LogP contribution in [0.4, 0.5) is 0 Å². The Hall–Kier alpha value is -1.16. The van der Waals surface area contributed by atoms with Gasteiger partial charge in [-0.25, -0.2) is 0 Å². The number of hydrogen-bond acceptors (Lipinski definition) is 4. The van der Waals surface area contributed by atoms with Crippen LogP contribution in [-0.2, 0) is 25.9 Å². The predicted molar refractivity (Wildman–Crippen MR) is 114 cm³/mol. The average molecular weight is 474 g/mol. The van der Waals surface area contributed by atoms with Crippen molar-refractivity contribution in [2.45, 2.75) is 51.6 Å². The van der Waals surface area contributed by atoms with Gasteiger partial charge in [-0.15, -0.1) is 45.5 Å². The average Bonchev–Trinajstić information content (AvgIpc) is 3.19. The van der Waals surface area contributed by atoms with E-state index in [0.717, 1.165) is 50.7 Å². The molecular formula is C17H27IN6S. The summed E-state index contributed by atoms with van der Waals surface area (Å²) in [6, 6.07) is 4.20. The second-order valence-corrected chi connectivity index (χ2v) is 7.06. The number of nitrogens with zero attached hydrogens (tertiary/aromatic N) is 4. The van der Waals surface area contributed by atoms with Gasteiger partial charge in [0.15, 0.2) is 5.96 Å². The Labute approximate surface area is 170 Å². The molecule has 2 aromatic rings. The Morgan fingerprint density at radius 1 is 1.28 bits per heavy atom. The van der Waals surface area contributed by atoms with Crippen LogP contribution in [-0.4, -0.2) is 34.3 Å². The van der Waals surface area contributed by atoms with Crippen LogP contribution in [0.2, 0.25) is 0 Å². The lowest BCUT2D eigenvalue weighted by molar-refractivity contribution is 0.594.